The third kappa shape index (κ3) is 3.02. The Labute approximate surface area is 112 Å². The fourth-order valence-corrected chi connectivity index (χ4v) is 2.34. The van der Waals surface area contributed by atoms with Crippen molar-refractivity contribution < 1.29 is 27.5 Å². The van der Waals surface area contributed by atoms with Crippen LogP contribution < -0.4 is 0 Å². The maximum absolute atomic E-state index is 13.6. The Hall–Kier alpha value is -1.79. The molecule has 0 spiro atoms. The van der Waals surface area contributed by atoms with E-state index in [1.807, 2.05) is 0 Å². The molecule has 1 fully saturated rings. The average Bonchev–Trinajstić information content (AvgIpc) is 2.26. The van der Waals surface area contributed by atoms with Gasteiger partial charge in [-0.25, -0.2) is 9.18 Å². The largest absolute Gasteiger partial charge is 0.465 e. The van der Waals surface area contributed by atoms with E-state index in [0.717, 1.165) is 18.2 Å². The van der Waals surface area contributed by atoms with Crippen molar-refractivity contribution in [3.05, 3.63) is 35.1 Å². The van der Waals surface area contributed by atoms with Gasteiger partial charge in [0.2, 0.25) is 0 Å². The molecule has 1 saturated heterocycles. The molecule has 0 saturated carbocycles. The molecule has 1 aromatic rings. The first kappa shape index (κ1) is 14.6. The van der Waals surface area contributed by atoms with Crippen LogP contribution in [0.3, 0.4) is 0 Å². The van der Waals surface area contributed by atoms with Crippen molar-refractivity contribution in [2.45, 2.75) is 19.0 Å². The van der Waals surface area contributed by atoms with Crippen LogP contribution in [0.4, 0.5) is 22.4 Å². The lowest BCUT2D eigenvalue weighted by Crippen LogP contribution is -2.49. The predicted octanol–water partition coefficient (Wildman–Crippen LogP) is 3.39. The fourth-order valence-electron chi connectivity index (χ4n) is 2.34. The molecule has 0 unspecified atom stereocenters. The number of nitrogens with zero attached hydrogens (tertiary/aromatic N) is 1. The van der Waals surface area contributed by atoms with Crippen LogP contribution in [-0.2, 0) is 12.6 Å². The molecule has 1 aromatic carbocycles. The predicted molar refractivity (Wildman–Crippen MR) is 62.8 cm³/mol. The molecule has 7 heteroatoms. The number of rotatable bonds is 3. The molecule has 1 heterocycles. The second-order valence-electron chi connectivity index (χ2n) is 4.86. The van der Waals surface area contributed by atoms with Crippen molar-refractivity contribution in [1.82, 2.24) is 4.90 Å². The van der Waals surface area contributed by atoms with Crippen molar-refractivity contribution in [3.63, 3.8) is 0 Å². The van der Waals surface area contributed by atoms with E-state index < -0.39 is 23.7 Å². The van der Waals surface area contributed by atoms with E-state index in [0.29, 0.717) is 19.5 Å². The Balaban J connectivity index is 2.02. The highest BCUT2D eigenvalue weighted by Gasteiger charge is 2.35. The van der Waals surface area contributed by atoms with Crippen molar-refractivity contribution in [1.29, 1.82) is 0 Å². The molecule has 20 heavy (non-hydrogen) atoms. The quantitative estimate of drug-likeness (QED) is 0.867. The van der Waals surface area contributed by atoms with Crippen LogP contribution in [0.2, 0.25) is 0 Å². The zero-order valence-corrected chi connectivity index (χ0v) is 10.5. The molecular weight excluding hydrogens is 278 g/mol. The molecule has 1 aliphatic rings. The van der Waals surface area contributed by atoms with Crippen LogP contribution in [0.1, 0.15) is 17.5 Å². The van der Waals surface area contributed by atoms with Crippen molar-refractivity contribution in [2.24, 2.45) is 5.92 Å². The van der Waals surface area contributed by atoms with Crippen LogP contribution in [0.15, 0.2) is 18.2 Å². The third-order valence-electron chi connectivity index (χ3n) is 3.45. The van der Waals surface area contributed by atoms with E-state index >= 15 is 0 Å². The molecule has 0 aromatic heterocycles. The van der Waals surface area contributed by atoms with Gasteiger partial charge in [0.25, 0.3) is 0 Å². The lowest BCUT2D eigenvalue weighted by molar-refractivity contribution is -0.138. The molecule has 1 N–H and O–H groups in total. The average molecular weight is 291 g/mol. The topological polar surface area (TPSA) is 40.5 Å². The summed E-state index contributed by atoms with van der Waals surface area (Å²) in [4.78, 5) is 11.7. The summed E-state index contributed by atoms with van der Waals surface area (Å²) in [7, 11) is 0. The molecule has 2 rings (SSSR count). The highest BCUT2D eigenvalue weighted by Crippen LogP contribution is 2.34. The number of alkyl halides is 3. The third-order valence-corrected chi connectivity index (χ3v) is 3.45. The second kappa shape index (κ2) is 5.30. The van der Waals surface area contributed by atoms with Crippen LogP contribution >= 0.6 is 0 Å². The van der Waals surface area contributed by atoms with Crippen molar-refractivity contribution >= 4 is 6.09 Å². The number of carbonyl (C=O) groups is 1. The summed E-state index contributed by atoms with van der Waals surface area (Å²) in [6.07, 6.45) is -5.32. The van der Waals surface area contributed by atoms with Gasteiger partial charge in [-0.1, -0.05) is 6.07 Å². The Morgan fingerprint density at radius 3 is 2.55 bits per heavy atom. The number of benzene rings is 1. The van der Waals surface area contributed by atoms with E-state index in [2.05, 4.69) is 0 Å². The van der Waals surface area contributed by atoms with E-state index in [-0.39, 0.29) is 17.9 Å². The molecular formula is C13H13F4NO2. The molecule has 1 amide bonds. The summed E-state index contributed by atoms with van der Waals surface area (Å²) in [6, 6.07) is 2.91. The molecule has 110 valence electrons. The SMILES string of the molecule is O=C(O)N1CC(CCc2c(F)cccc2C(F)(F)F)C1. The Bertz CT molecular complexity index is 510. The number of amides is 1. The molecule has 1 aliphatic heterocycles. The highest BCUT2D eigenvalue weighted by atomic mass is 19.4. The van der Waals surface area contributed by atoms with Gasteiger partial charge in [0.1, 0.15) is 5.82 Å². The van der Waals surface area contributed by atoms with Crippen LogP contribution in [0.25, 0.3) is 0 Å². The van der Waals surface area contributed by atoms with Crippen molar-refractivity contribution in [3.8, 4) is 0 Å². The summed E-state index contributed by atoms with van der Waals surface area (Å²) in [5.74, 6) is -0.874. The Kier molecular flexibility index (Phi) is 3.87. The number of hydrogen-bond acceptors (Lipinski definition) is 1. The minimum absolute atomic E-state index is 0.00760. The maximum Gasteiger partial charge on any atom is 0.416 e. The zero-order chi connectivity index (χ0) is 14.9. The fraction of sp³-hybridized carbons (Fsp3) is 0.462. The van der Waals surface area contributed by atoms with E-state index in [1.165, 1.54) is 4.90 Å². The number of halogens is 4. The summed E-state index contributed by atoms with van der Waals surface area (Å²) in [6.45, 7) is 0.594. The Morgan fingerprint density at radius 2 is 2.00 bits per heavy atom. The second-order valence-corrected chi connectivity index (χ2v) is 4.86. The van der Waals surface area contributed by atoms with Gasteiger partial charge in [-0.05, 0) is 30.9 Å². The summed E-state index contributed by atoms with van der Waals surface area (Å²) in [5, 5.41) is 8.65. The summed E-state index contributed by atoms with van der Waals surface area (Å²) >= 11 is 0. The Morgan fingerprint density at radius 1 is 1.35 bits per heavy atom. The minimum Gasteiger partial charge on any atom is -0.465 e. The van der Waals surface area contributed by atoms with Gasteiger partial charge < -0.3 is 10.0 Å². The van der Waals surface area contributed by atoms with Crippen LogP contribution in [0.5, 0.6) is 0 Å². The molecule has 0 atom stereocenters. The van der Waals surface area contributed by atoms with Gasteiger partial charge in [0, 0.05) is 18.7 Å². The molecule has 0 bridgehead atoms. The molecule has 0 radical (unpaired) electrons. The first-order valence-electron chi connectivity index (χ1n) is 6.11. The lowest BCUT2D eigenvalue weighted by Gasteiger charge is -2.37. The van der Waals surface area contributed by atoms with Gasteiger partial charge >= 0.3 is 12.3 Å². The highest BCUT2D eigenvalue weighted by molar-refractivity contribution is 5.65. The summed E-state index contributed by atoms with van der Waals surface area (Å²) in [5.41, 5.74) is -1.29. The number of carboxylic acid groups (broad SMARTS) is 1. The normalized spacial score (nSPS) is 16.1. The first-order chi connectivity index (χ1) is 9.29. The number of hydrogen-bond donors (Lipinski definition) is 1. The minimum atomic E-state index is -4.58. The van der Waals surface area contributed by atoms with E-state index in [4.69, 9.17) is 5.11 Å². The van der Waals surface area contributed by atoms with E-state index in [9.17, 15) is 22.4 Å². The van der Waals surface area contributed by atoms with Crippen molar-refractivity contribution in [2.75, 3.05) is 13.1 Å². The lowest BCUT2D eigenvalue weighted by atomic mass is 9.91. The first-order valence-corrected chi connectivity index (χ1v) is 6.11. The number of likely N-dealkylation sites (tertiary alicyclic amines) is 1. The molecule has 0 aliphatic carbocycles. The molecule has 3 nitrogen and oxygen atoms in total. The van der Waals surface area contributed by atoms with Crippen LogP contribution in [-0.4, -0.2) is 29.2 Å². The smallest absolute Gasteiger partial charge is 0.416 e. The van der Waals surface area contributed by atoms with E-state index in [1.54, 1.807) is 0 Å². The van der Waals surface area contributed by atoms with Crippen LogP contribution in [0, 0.1) is 11.7 Å². The van der Waals surface area contributed by atoms with Gasteiger partial charge in [0.15, 0.2) is 0 Å². The van der Waals surface area contributed by atoms with Gasteiger partial charge in [-0.3, -0.25) is 0 Å². The van der Waals surface area contributed by atoms with Gasteiger partial charge in [-0.15, -0.1) is 0 Å². The summed E-state index contributed by atoms with van der Waals surface area (Å²) < 4.78 is 51.8. The maximum atomic E-state index is 13.6. The standard InChI is InChI=1S/C13H13F4NO2/c14-11-3-1-2-10(13(15,16)17)9(11)5-4-8-6-18(7-8)12(19)20/h1-3,8H,4-7H2,(H,19,20). The van der Waals surface area contributed by atoms with Gasteiger partial charge in [-0.2, -0.15) is 13.2 Å². The zero-order valence-electron chi connectivity index (χ0n) is 10.5. The monoisotopic (exact) mass is 291 g/mol. The van der Waals surface area contributed by atoms with Gasteiger partial charge in [0.05, 0.1) is 5.56 Å².